The van der Waals surface area contributed by atoms with Gasteiger partial charge in [0.1, 0.15) is 0 Å². The Hall–Kier alpha value is -1.81. The van der Waals surface area contributed by atoms with Gasteiger partial charge < -0.3 is 20.5 Å². The summed E-state index contributed by atoms with van der Waals surface area (Å²) < 4.78 is 24.0. The van der Waals surface area contributed by atoms with E-state index in [4.69, 9.17) is 17.3 Å². The molecule has 0 fully saturated rings. The number of benzene rings is 2. The molecule has 1 aliphatic rings. The van der Waals surface area contributed by atoms with Crippen molar-refractivity contribution < 1.29 is 19.0 Å². The number of nitrogens with zero attached hydrogens (tertiary/aromatic N) is 2. The van der Waals surface area contributed by atoms with Crippen molar-refractivity contribution in [1.29, 1.82) is 0 Å². The Morgan fingerprint density at radius 2 is 1.70 bits per heavy atom. The van der Waals surface area contributed by atoms with Crippen LogP contribution in [0.4, 0.5) is 5.69 Å². The zero-order chi connectivity index (χ0) is 22.1. The van der Waals surface area contributed by atoms with E-state index in [1.165, 1.54) is 13.8 Å². The highest BCUT2D eigenvalue weighted by Gasteiger charge is 2.45. The van der Waals surface area contributed by atoms with Crippen LogP contribution < -0.4 is 10.7 Å². The SMILES string of the molecule is CC(O)C(N)(C(C)O)C(c1ccc(N2CCC(c3ccc(Cl)cc3)=N2)cc1)S(=O)[O-]. The summed E-state index contributed by atoms with van der Waals surface area (Å²) in [5.41, 5.74) is 7.56. The predicted molar refractivity (Wildman–Crippen MR) is 118 cm³/mol. The van der Waals surface area contributed by atoms with Crippen LogP contribution in [0.25, 0.3) is 0 Å². The molecule has 0 radical (unpaired) electrons. The van der Waals surface area contributed by atoms with Crippen LogP contribution in [-0.2, 0) is 11.1 Å². The zero-order valence-electron chi connectivity index (χ0n) is 16.7. The van der Waals surface area contributed by atoms with E-state index in [2.05, 4.69) is 5.10 Å². The largest absolute Gasteiger partial charge is 0.772 e. The third-order valence-electron chi connectivity index (χ3n) is 5.57. The minimum Gasteiger partial charge on any atom is -0.772 e. The van der Waals surface area contributed by atoms with Crippen LogP contribution in [0.5, 0.6) is 0 Å². The average molecular weight is 451 g/mol. The molecule has 0 saturated carbocycles. The molecule has 4 atom stereocenters. The summed E-state index contributed by atoms with van der Waals surface area (Å²) in [6, 6.07) is 14.3. The summed E-state index contributed by atoms with van der Waals surface area (Å²) in [5.74, 6) is 0. The van der Waals surface area contributed by atoms with Gasteiger partial charge in [-0.3, -0.25) is 9.22 Å². The van der Waals surface area contributed by atoms with Gasteiger partial charge in [0.25, 0.3) is 0 Å². The zero-order valence-corrected chi connectivity index (χ0v) is 18.3. The summed E-state index contributed by atoms with van der Waals surface area (Å²) in [5, 5.41) is 26.1. The molecule has 30 heavy (non-hydrogen) atoms. The van der Waals surface area contributed by atoms with Gasteiger partial charge in [0, 0.05) is 18.0 Å². The van der Waals surface area contributed by atoms with Gasteiger partial charge in [-0.05, 0) is 60.3 Å². The number of aliphatic hydroxyl groups excluding tert-OH is 2. The summed E-state index contributed by atoms with van der Waals surface area (Å²) >= 11 is 3.29. The lowest BCUT2D eigenvalue weighted by atomic mass is 9.82. The van der Waals surface area contributed by atoms with E-state index in [-0.39, 0.29) is 0 Å². The maximum absolute atomic E-state index is 12.0. The first-order valence-corrected chi connectivity index (χ1v) is 11.1. The van der Waals surface area contributed by atoms with Crippen molar-refractivity contribution in [1.82, 2.24) is 0 Å². The van der Waals surface area contributed by atoms with E-state index in [1.54, 1.807) is 24.3 Å². The van der Waals surface area contributed by atoms with E-state index in [9.17, 15) is 19.0 Å². The number of aliphatic hydroxyl groups is 2. The molecule has 0 aromatic heterocycles. The average Bonchev–Trinajstić information content (AvgIpc) is 3.18. The molecule has 4 N–H and O–H groups in total. The minimum atomic E-state index is -2.65. The van der Waals surface area contributed by atoms with Gasteiger partial charge in [0.15, 0.2) is 0 Å². The molecule has 0 aliphatic carbocycles. The molecular formula is C21H25ClN3O4S-. The quantitative estimate of drug-likeness (QED) is 0.556. The van der Waals surface area contributed by atoms with Gasteiger partial charge in [-0.1, -0.05) is 35.9 Å². The van der Waals surface area contributed by atoms with E-state index in [1.807, 2.05) is 29.3 Å². The molecule has 0 amide bonds. The Kier molecular flexibility index (Phi) is 6.96. The fraction of sp³-hybridized carbons (Fsp3) is 0.381. The number of halogens is 1. The molecule has 0 spiro atoms. The molecular weight excluding hydrogens is 426 g/mol. The highest BCUT2D eigenvalue weighted by molar-refractivity contribution is 7.79. The van der Waals surface area contributed by atoms with E-state index >= 15 is 0 Å². The van der Waals surface area contributed by atoms with E-state index in [0.717, 1.165) is 23.4 Å². The third-order valence-corrected chi connectivity index (χ3v) is 6.88. The van der Waals surface area contributed by atoms with Crippen molar-refractivity contribution in [2.75, 3.05) is 11.6 Å². The summed E-state index contributed by atoms with van der Waals surface area (Å²) in [7, 11) is 0. The van der Waals surface area contributed by atoms with Crippen LogP contribution >= 0.6 is 11.6 Å². The molecule has 162 valence electrons. The number of nitrogens with two attached hydrogens (primary N) is 1. The second-order valence-corrected chi connectivity index (χ2v) is 8.94. The van der Waals surface area contributed by atoms with Crippen molar-refractivity contribution in [3.63, 3.8) is 0 Å². The highest BCUT2D eigenvalue weighted by atomic mass is 35.5. The number of hydrogen-bond acceptors (Lipinski definition) is 7. The van der Waals surface area contributed by atoms with Crippen molar-refractivity contribution >= 4 is 34.1 Å². The second-order valence-electron chi connectivity index (χ2n) is 7.51. The summed E-state index contributed by atoms with van der Waals surface area (Å²) in [6.45, 7) is 3.44. The van der Waals surface area contributed by atoms with Crippen molar-refractivity contribution in [3.05, 3.63) is 64.7 Å². The Balaban J connectivity index is 1.86. The lowest BCUT2D eigenvalue weighted by Crippen LogP contribution is -2.62. The van der Waals surface area contributed by atoms with Crippen molar-refractivity contribution in [2.24, 2.45) is 10.8 Å². The molecule has 0 saturated heterocycles. The molecule has 3 rings (SSSR count). The highest BCUT2D eigenvalue weighted by Crippen LogP contribution is 2.35. The normalized spacial score (nSPS) is 20.2. The van der Waals surface area contributed by atoms with Crippen molar-refractivity contribution in [2.45, 2.75) is 43.3 Å². The fourth-order valence-electron chi connectivity index (χ4n) is 3.66. The first-order chi connectivity index (χ1) is 14.1. The van der Waals surface area contributed by atoms with Crippen LogP contribution in [0.1, 0.15) is 36.6 Å². The van der Waals surface area contributed by atoms with Gasteiger partial charge in [0.2, 0.25) is 0 Å². The number of anilines is 1. The summed E-state index contributed by atoms with van der Waals surface area (Å²) in [4.78, 5) is 0. The number of rotatable bonds is 7. The van der Waals surface area contributed by atoms with Gasteiger partial charge >= 0.3 is 0 Å². The topological polar surface area (TPSA) is 122 Å². The van der Waals surface area contributed by atoms with Crippen LogP contribution in [0, 0.1) is 0 Å². The first-order valence-electron chi connectivity index (χ1n) is 9.58. The smallest absolute Gasteiger partial charge is 0.0849 e. The number of hydrazone groups is 1. The molecule has 7 nitrogen and oxygen atoms in total. The third kappa shape index (κ3) is 4.44. The molecule has 9 heteroatoms. The Labute approximate surface area is 183 Å². The molecule has 2 aromatic carbocycles. The van der Waals surface area contributed by atoms with Gasteiger partial charge in [-0.15, -0.1) is 0 Å². The van der Waals surface area contributed by atoms with Gasteiger partial charge in [-0.25, -0.2) is 0 Å². The van der Waals surface area contributed by atoms with Crippen molar-refractivity contribution in [3.8, 4) is 0 Å². The summed E-state index contributed by atoms with van der Waals surface area (Å²) in [6.07, 6.45) is -1.72. The molecule has 1 aliphatic heterocycles. The van der Waals surface area contributed by atoms with Crippen LogP contribution in [0.3, 0.4) is 0 Å². The monoisotopic (exact) mass is 450 g/mol. The maximum atomic E-state index is 12.0. The lowest BCUT2D eigenvalue weighted by Gasteiger charge is -2.43. The van der Waals surface area contributed by atoms with Crippen LogP contribution in [0.2, 0.25) is 5.02 Å². The first kappa shape index (κ1) is 22.9. The minimum absolute atomic E-state index is 0.387. The molecule has 1 heterocycles. The molecule has 2 aromatic rings. The predicted octanol–water partition coefficient (Wildman–Crippen LogP) is 2.33. The lowest BCUT2D eigenvalue weighted by molar-refractivity contribution is 0.00412. The van der Waals surface area contributed by atoms with Gasteiger partial charge in [-0.2, -0.15) is 5.10 Å². The Bertz CT molecular complexity index is 924. The Morgan fingerprint density at radius 3 is 2.20 bits per heavy atom. The van der Waals surface area contributed by atoms with Crippen LogP contribution in [0.15, 0.2) is 53.6 Å². The van der Waals surface area contributed by atoms with Crippen LogP contribution in [-0.4, -0.2) is 49.0 Å². The maximum Gasteiger partial charge on any atom is 0.0849 e. The molecule has 0 bridgehead atoms. The standard InChI is InChI=1S/C21H26ClN3O4S/c1-13(26)21(23,14(2)27)20(30(28)29)16-5-9-18(10-6-16)25-12-11-19(24-25)15-3-7-17(22)8-4-15/h3-10,13-14,20,26-27H,11-12,23H2,1-2H3,(H,28,29)/p-1. The van der Waals surface area contributed by atoms with Gasteiger partial charge in [0.05, 0.1) is 34.4 Å². The second kappa shape index (κ2) is 9.13. The van der Waals surface area contributed by atoms with E-state index in [0.29, 0.717) is 17.1 Å². The Morgan fingerprint density at radius 1 is 1.13 bits per heavy atom. The van der Waals surface area contributed by atoms with E-state index < -0.39 is 34.1 Å². The number of hydrogen-bond donors (Lipinski definition) is 3. The fourth-order valence-corrected chi connectivity index (χ4v) is 4.90. The molecule has 4 unspecified atom stereocenters.